The minimum absolute atomic E-state index is 0.0590. The van der Waals surface area contributed by atoms with Crippen molar-refractivity contribution in [1.29, 1.82) is 0 Å². The molecule has 0 fully saturated rings. The van der Waals surface area contributed by atoms with Gasteiger partial charge in [0.25, 0.3) is 23.3 Å². The Labute approximate surface area is 457 Å². The summed E-state index contributed by atoms with van der Waals surface area (Å²) in [5.74, 6) is -10.4. The van der Waals surface area contributed by atoms with Crippen LogP contribution in [0.4, 0.5) is 13.2 Å². The van der Waals surface area contributed by atoms with Crippen LogP contribution in [-0.2, 0) is 89.0 Å². The number of carboxylic acids is 1. The average Bonchev–Trinajstić information content (AvgIpc) is 2.31. The Bertz CT molecular complexity index is 3370. The first-order valence-corrected chi connectivity index (χ1v) is 25.4. The molecule has 0 saturated heterocycles. The van der Waals surface area contributed by atoms with E-state index in [1.54, 1.807) is 43.3 Å². The molecule has 9 N–H and O–H groups in total. The monoisotopic (exact) mass is 1130 g/mol. The van der Waals surface area contributed by atoms with Gasteiger partial charge >= 0.3 is 18.1 Å². The summed E-state index contributed by atoms with van der Waals surface area (Å²) in [6, 6.07) is 7.50. The molecule has 1 aliphatic carbocycles. The Morgan fingerprint density at radius 1 is 0.852 bits per heavy atom. The number of aliphatic carboxylic acids is 1. The van der Waals surface area contributed by atoms with E-state index in [1.165, 1.54) is 10.6 Å². The summed E-state index contributed by atoms with van der Waals surface area (Å²) >= 11 is 0. The molecule has 5 heterocycles. The number of ether oxygens (including phenoxy) is 2. The standard InChI is InChI=1S/C53H55F3N10O15/c1-4-52(79)31-16-35-45-29(22-65(35)50(77)30(31)23-80-51(52)78)44-32(11-10-28-26(3)25(2)14-33(63-45)43(28)44)64-49(76)46(53(54,55)56)81-24-61-38(68)19-59-47(74)34(15-27-8-6-5-7-9-27)62-39(69)20-58-37(67)18-60-48(75)36(17-57-21-42(72)73)66-40(70)12-13-41(66)71/h5-9,12-14,16,32,34,36,46,57,79H,4,10-11,15,17-24H2,1-3H3,(H,58,67)(H,59,74)(H,60,75)(H,61,68)(H,62,69)(H,64,76)(H,72,73)/t32-,34-,36?,46?,52-/m0/s1. The number of fused-ring (bicyclic) bond motifs is 5. The molecule has 81 heavy (non-hydrogen) atoms. The maximum atomic E-state index is 14.7. The summed E-state index contributed by atoms with van der Waals surface area (Å²) in [6.07, 6.45) is -6.43. The number of carbonyl (C=O) groups excluding carboxylic acids is 9. The van der Waals surface area contributed by atoms with Crippen molar-refractivity contribution in [3.63, 3.8) is 0 Å². The highest BCUT2D eigenvalue weighted by Gasteiger charge is 2.49. The van der Waals surface area contributed by atoms with Crippen molar-refractivity contribution >= 4 is 70.1 Å². The van der Waals surface area contributed by atoms with Gasteiger partial charge in [0.15, 0.2) is 5.60 Å². The molecule has 8 rings (SSSR count). The lowest BCUT2D eigenvalue weighted by Gasteiger charge is -2.31. The summed E-state index contributed by atoms with van der Waals surface area (Å²) in [6.45, 7) is 0.197. The molecule has 2 unspecified atom stereocenters. The average molecular weight is 1130 g/mol. The van der Waals surface area contributed by atoms with Crippen molar-refractivity contribution in [2.24, 2.45) is 0 Å². The van der Waals surface area contributed by atoms with Gasteiger partial charge in [-0.25, -0.2) is 9.78 Å². The largest absolute Gasteiger partial charge is 0.480 e. The van der Waals surface area contributed by atoms with Crippen LogP contribution in [0.3, 0.4) is 0 Å². The molecule has 2 aromatic heterocycles. The van der Waals surface area contributed by atoms with Gasteiger partial charge in [0.2, 0.25) is 35.6 Å². The zero-order chi connectivity index (χ0) is 58.7. The van der Waals surface area contributed by atoms with E-state index in [4.69, 9.17) is 19.6 Å². The molecule has 4 aromatic rings. The van der Waals surface area contributed by atoms with Crippen LogP contribution < -0.4 is 42.8 Å². The maximum absolute atomic E-state index is 14.7. The van der Waals surface area contributed by atoms with E-state index in [0.29, 0.717) is 38.9 Å². The number of carbonyl (C=O) groups is 10. The van der Waals surface area contributed by atoms with Crippen LogP contribution in [0.2, 0.25) is 0 Å². The molecular formula is C53H55F3N10O15. The molecule has 8 amide bonds. The van der Waals surface area contributed by atoms with E-state index in [-0.39, 0.29) is 48.3 Å². The number of hydrogen-bond donors (Lipinski definition) is 9. The second-order valence-electron chi connectivity index (χ2n) is 19.5. The highest BCUT2D eigenvalue weighted by atomic mass is 19.4. The predicted octanol–water partition coefficient (Wildman–Crippen LogP) is -1.13. The van der Waals surface area contributed by atoms with E-state index < -0.39 is 147 Å². The number of rotatable bonds is 22. The van der Waals surface area contributed by atoms with Gasteiger partial charge in [-0.2, -0.15) is 13.2 Å². The first-order valence-electron chi connectivity index (χ1n) is 25.4. The maximum Gasteiger partial charge on any atom is 0.423 e. The van der Waals surface area contributed by atoms with E-state index in [2.05, 4.69) is 37.2 Å². The summed E-state index contributed by atoms with van der Waals surface area (Å²) < 4.78 is 55.7. The van der Waals surface area contributed by atoms with Gasteiger partial charge in [0, 0.05) is 41.6 Å². The van der Waals surface area contributed by atoms with Crippen molar-refractivity contribution < 1.29 is 80.8 Å². The Hall–Kier alpha value is -8.89. The highest BCUT2D eigenvalue weighted by Crippen LogP contribution is 2.46. The lowest BCUT2D eigenvalue weighted by molar-refractivity contribution is -0.220. The fraction of sp³-hybridized carbons (Fsp3) is 0.396. The van der Waals surface area contributed by atoms with Crippen LogP contribution in [0.5, 0.6) is 0 Å². The van der Waals surface area contributed by atoms with Crippen LogP contribution >= 0.6 is 0 Å². The number of aryl methyl sites for hydroxylation is 2. The number of nitrogens with one attached hydrogen (secondary N) is 7. The highest BCUT2D eigenvalue weighted by molar-refractivity contribution is 6.15. The quantitative estimate of drug-likeness (QED) is 0.0225. The second kappa shape index (κ2) is 23.8. The van der Waals surface area contributed by atoms with E-state index in [1.807, 2.05) is 13.8 Å². The SMILES string of the molecule is CC[C@@]1(O)C(=O)OCc2c1cc1n(c2=O)Cc2c-1nc1cc(C)c(C)c3c1c2[C@@H](NC(=O)C(OCNC(=O)CNC(=O)[C@H](Cc1ccccc1)NC(=O)CNC(=O)CNC(=O)C(CNCC(=O)O)N1C(=O)C=CC1=O)C(F)(F)F)CC3. The van der Waals surface area contributed by atoms with Crippen molar-refractivity contribution in [3.8, 4) is 11.4 Å². The van der Waals surface area contributed by atoms with Crippen LogP contribution in [0.15, 0.2) is 59.4 Å². The van der Waals surface area contributed by atoms with Gasteiger partial charge in [0.1, 0.15) is 25.4 Å². The Morgan fingerprint density at radius 3 is 2.19 bits per heavy atom. The summed E-state index contributed by atoms with van der Waals surface area (Å²) in [4.78, 5) is 147. The van der Waals surface area contributed by atoms with Crippen molar-refractivity contribution in [2.75, 3.05) is 39.5 Å². The number of amides is 8. The van der Waals surface area contributed by atoms with Crippen molar-refractivity contribution in [3.05, 3.63) is 109 Å². The fourth-order valence-electron chi connectivity index (χ4n) is 10.2. The lowest BCUT2D eigenvalue weighted by Crippen LogP contribution is -2.56. The summed E-state index contributed by atoms with van der Waals surface area (Å²) in [7, 11) is 0. The number of aromatic nitrogens is 2. The van der Waals surface area contributed by atoms with Gasteiger partial charge in [0.05, 0.1) is 61.2 Å². The molecule has 0 spiro atoms. The van der Waals surface area contributed by atoms with Crippen LogP contribution in [-0.4, -0.2) is 148 Å². The third kappa shape index (κ3) is 12.3. The number of imide groups is 1. The van der Waals surface area contributed by atoms with Gasteiger partial charge in [-0.1, -0.05) is 37.3 Å². The molecule has 0 radical (unpaired) electrons. The molecule has 5 atom stereocenters. The molecule has 4 aliphatic rings. The third-order valence-corrected chi connectivity index (χ3v) is 14.4. The van der Waals surface area contributed by atoms with Gasteiger partial charge in [-0.15, -0.1) is 0 Å². The van der Waals surface area contributed by atoms with E-state index >= 15 is 0 Å². The summed E-state index contributed by atoms with van der Waals surface area (Å²) in [5, 5.41) is 37.0. The topological polar surface area (TPSA) is 352 Å². The molecular weight excluding hydrogens is 1070 g/mol. The number of pyridine rings is 2. The molecule has 25 nitrogen and oxygen atoms in total. The number of carboxylic acid groups (broad SMARTS) is 1. The Balaban J connectivity index is 0.885. The molecule has 428 valence electrons. The van der Waals surface area contributed by atoms with Gasteiger partial charge in [-0.3, -0.25) is 52.8 Å². The predicted molar refractivity (Wildman–Crippen MR) is 274 cm³/mol. The third-order valence-electron chi connectivity index (χ3n) is 14.4. The van der Waals surface area contributed by atoms with Crippen LogP contribution in [0.25, 0.3) is 22.3 Å². The van der Waals surface area contributed by atoms with Crippen LogP contribution in [0, 0.1) is 13.8 Å². The number of cyclic esters (lactones) is 1. The number of nitrogens with zero attached hydrogens (tertiary/aromatic N) is 3. The second-order valence-corrected chi connectivity index (χ2v) is 19.5. The summed E-state index contributed by atoms with van der Waals surface area (Å²) in [5.41, 5.74) is 2.43. The Kier molecular flexibility index (Phi) is 17.1. The first kappa shape index (κ1) is 58.3. The molecule has 0 bridgehead atoms. The lowest BCUT2D eigenvalue weighted by atomic mass is 9.80. The van der Waals surface area contributed by atoms with Crippen molar-refractivity contribution in [1.82, 2.24) is 51.7 Å². The molecule has 0 saturated carbocycles. The number of benzene rings is 2. The zero-order valence-electron chi connectivity index (χ0n) is 43.7. The Morgan fingerprint density at radius 2 is 1.52 bits per heavy atom. The van der Waals surface area contributed by atoms with E-state index in [9.17, 15) is 71.0 Å². The van der Waals surface area contributed by atoms with Gasteiger partial charge < -0.3 is 61.5 Å². The minimum Gasteiger partial charge on any atom is -0.480 e. The number of esters is 1. The fourth-order valence-corrected chi connectivity index (χ4v) is 10.2. The number of hydrogen-bond acceptors (Lipinski definition) is 16. The van der Waals surface area contributed by atoms with E-state index in [0.717, 1.165) is 28.8 Å². The van der Waals surface area contributed by atoms with Crippen molar-refractivity contribution in [2.45, 2.75) is 95.6 Å². The van der Waals surface area contributed by atoms with Crippen LogP contribution in [0.1, 0.15) is 70.3 Å². The number of halogens is 3. The molecule has 28 heteroatoms. The first-order chi connectivity index (χ1) is 38.4. The number of aliphatic hydroxyl groups is 1. The smallest absolute Gasteiger partial charge is 0.423 e. The number of alkyl halides is 3. The minimum atomic E-state index is -5.31. The molecule has 3 aliphatic heterocycles. The van der Waals surface area contributed by atoms with Gasteiger partial charge in [-0.05, 0) is 73.1 Å². The normalized spacial score (nSPS) is 17.9. The zero-order valence-corrected chi connectivity index (χ0v) is 43.7. The molecule has 2 aromatic carbocycles.